The first-order chi connectivity index (χ1) is 10.6. The lowest BCUT2D eigenvalue weighted by molar-refractivity contribution is 0.0290. The Kier molecular flexibility index (Phi) is 3.07. The molecule has 1 aromatic heterocycles. The average Bonchev–Trinajstić information content (AvgIpc) is 2.90. The van der Waals surface area contributed by atoms with Gasteiger partial charge >= 0.3 is 11.8 Å². The Morgan fingerprint density at radius 1 is 1.23 bits per heavy atom. The van der Waals surface area contributed by atoms with Crippen LogP contribution in [-0.4, -0.2) is 45.8 Å². The second-order valence-corrected chi connectivity index (χ2v) is 6.31. The summed E-state index contributed by atoms with van der Waals surface area (Å²) in [7, 11) is 2.14. The molecule has 6 nitrogen and oxygen atoms in total. The number of hydrogen-bond acceptors (Lipinski definition) is 4. The molecule has 0 radical (unpaired) electrons. The van der Waals surface area contributed by atoms with Crippen LogP contribution in [0.4, 0.5) is 4.79 Å². The predicted octanol–water partition coefficient (Wildman–Crippen LogP) is 1.94. The van der Waals surface area contributed by atoms with Gasteiger partial charge in [0, 0.05) is 24.9 Å². The van der Waals surface area contributed by atoms with Gasteiger partial charge in [0.1, 0.15) is 6.10 Å². The van der Waals surface area contributed by atoms with Crippen LogP contribution in [-0.2, 0) is 4.74 Å². The third-order valence-electron chi connectivity index (χ3n) is 5.09. The normalized spacial score (nSPS) is 28.1. The summed E-state index contributed by atoms with van der Waals surface area (Å²) >= 11 is 0. The molecule has 0 saturated carbocycles. The van der Waals surface area contributed by atoms with E-state index >= 15 is 0 Å². The van der Waals surface area contributed by atoms with E-state index in [4.69, 9.17) is 4.74 Å². The van der Waals surface area contributed by atoms with Crippen LogP contribution in [0.3, 0.4) is 0 Å². The zero-order valence-corrected chi connectivity index (χ0v) is 12.5. The molecule has 2 aliphatic rings. The maximum atomic E-state index is 12.4. The first kappa shape index (κ1) is 13.6. The van der Waals surface area contributed by atoms with Crippen LogP contribution in [0.2, 0.25) is 0 Å². The molecule has 0 amide bonds. The lowest BCUT2D eigenvalue weighted by atomic mass is 10.0. The average molecular weight is 301 g/mol. The Balaban J connectivity index is 1.57. The van der Waals surface area contributed by atoms with Crippen molar-refractivity contribution < 1.29 is 9.53 Å². The molecule has 22 heavy (non-hydrogen) atoms. The van der Waals surface area contributed by atoms with Crippen LogP contribution >= 0.6 is 0 Å². The largest absolute Gasteiger partial charge is 0.445 e. The number of aromatic amines is 1. The van der Waals surface area contributed by atoms with Crippen molar-refractivity contribution in [2.75, 3.05) is 7.05 Å². The fraction of sp³-hybridized carbons (Fsp3) is 0.500. The molecule has 4 rings (SSSR count). The van der Waals surface area contributed by atoms with E-state index in [-0.39, 0.29) is 6.10 Å². The summed E-state index contributed by atoms with van der Waals surface area (Å²) in [6.07, 6.45) is 3.38. The molecule has 2 aromatic rings. The maximum absolute atomic E-state index is 12.4. The second kappa shape index (κ2) is 4.98. The molecule has 1 N–H and O–H groups in total. The summed E-state index contributed by atoms with van der Waals surface area (Å²) in [5.74, 6) is 0. The van der Waals surface area contributed by atoms with Gasteiger partial charge in [0.15, 0.2) is 0 Å². The summed E-state index contributed by atoms with van der Waals surface area (Å²) in [6.45, 7) is 0. The number of nitrogens with zero attached hydrogens (tertiary/aromatic N) is 2. The first-order valence-corrected chi connectivity index (χ1v) is 7.76. The van der Waals surface area contributed by atoms with E-state index in [0.717, 1.165) is 17.4 Å². The highest BCUT2D eigenvalue weighted by molar-refractivity contribution is 5.86. The minimum absolute atomic E-state index is 0.0956. The van der Waals surface area contributed by atoms with E-state index in [1.54, 1.807) is 18.2 Å². The topological polar surface area (TPSA) is 67.3 Å². The smallest absolute Gasteiger partial charge is 0.423 e. The number of para-hydroxylation sites is 2. The van der Waals surface area contributed by atoms with Crippen LogP contribution in [0.15, 0.2) is 29.1 Å². The van der Waals surface area contributed by atoms with E-state index in [9.17, 15) is 9.59 Å². The van der Waals surface area contributed by atoms with Gasteiger partial charge in [-0.05, 0) is 32.0 Å². The monoisotopic (exact) mass is 301 g/mol. The number of benzene rings is 1. The van der Waals surface area contributed by atoms with Gasteiger partial charge < -0.3 is 14.6 Å². The first-order valence-electron chi connectivity index (χ1n) is 7.76. The van der Waals surface area contributed by atoms with Gasteiger partial charge in [-0.25, -0.2) is 9.59 Å². The van der Waals surface area contributed by atoms with Gasteiger partial charge in [0.2, 0.25) is 0 Å². The minimum atomic E-state index is -0.573. The lowest BCUT2D eigenvalue weighted by Gasteiger charge is -2.35. The Bertz CT molecular complexity index is 764. The van der Waals surface area contributed by atoms with E-state index < -0.39 is 11.8 Å². The summed E-state index contributed by atoms with van der Waals surface area (Å²) in [4.78, 5) is 29.5. The molecule has 2 bridgehead atoms. The van der Waals surface area contributed by atoms with Crippen LogP contribution in [0.25, 0.3) is 11.0 Å². The Hall–Kier alpha value is -2.08. The van der Waals surface area contributed by atoms with E-state index in [1.165, 1.54) is 12.8 Å². The second-order valence-electron chi connectivity index (χ2n) is 6.31. The molecule has 3 atom stereocenters. The fourth-order valence-electron chi connectivity index (χ4n) is 3.89. The molecule has 0 aliphatic carbocycles. The van der Waals surface area contributed by atoms with Crippen molar-refractivity contribution in [3.63, 3.8) is 0 Å². The molecular formula is C16H19N3O3. The standard InChI is InChI=1S/C16H19N3O3/c1-18-10-6-7-11(18)9-12(8-10)22-16(21)19-14-5-3-2-4-13(14)17-15(19)20/h2-5,10-12H,6-9H2,1H3,(H,17,20)/t10-,11+,12?. The third kappa shape index (κ3) is 2.06. The summed E-state index contributed by atoms with van der Waals surface area (Å²) in [5, 5.41) is 0. The highest BCUT2D eigenvalue weighted by Gasteiger charge is 2.40. The molecule has 116 valence electrons. The van der Waals surface area contributed by atoms with E-state index in [0.29, 0.717) is 23.1 Å². The molecule has 2 saturated heterocycles. The maximum Gasteiger partial charge on any atom is 0.423 e. The number of carbonyl (C=O) groups is 1. The van der Waals surface area contributed by atoms with Gasteiger partial charge in [-0.1, -0.05) is 12.1 Å². The Morgan fingerprint density at radius 2 is 1.91 bits per heavy atom. The molecule has 0 spiro atoms. The number of fused-ring (bicyclic) bond motifs is 3. The van der Waals surface area contributed by atoms with Crippen molar-refractivity contribution in [2.24, 2.45) is 0 Å². The number of piperidine rings is 1. The number of ether oxygens (including phenoxy) is 1. The van der Waals surface area contributed by atoms with Crippen molar-refractivity contribution in [3.8, 4) is 0 Å². The number of nitrogens with one attached hydrogen (secondary N) is 1. The molecular weight excluding hydrogens is 282 g/mol. The Morgan fingerprint density at radius 3 is 2.64 bits per heavy atom. The lowest BCUT2D eigenvalue weighted by Crippen LogP contribution is -2.44. The zero-order valence-electron chi connectivity index (χ0n) is 12.5. The molecule has 1 aromatic carbocycles. The van der Waals surface area contributed by atoms with Crippen LogP contribution < -0.4 is 5.69 Å². The van der Waals surface area contributed by atoms with Crippen molar-refractivity contribution in [2.45, 2.75) is 43.9 Å². The predicted molar refractivity (Wildman–Crippen MR) is 82.0 cm³/mol. The summed E-state index contributed by atoms with van der Waals surface area (Å²) in [5.41, 5.74) is 0.767. The van der Waals surface area contributed by atoms with Gasteiger partial charge in [-0.15, -0.1) is 0 Å². The molecule has 6 heteroatoms. The highest BCUT2D eigenvalue weighted by Crippen LogP contribution is 2.35. The SMILES string of the molecule is CN1[C@@H]2CC[C@H]1CC(OC(=O)n1c(=O)[nH]c3ccccc31)C2. The van der Waals surface area contributed by atoms with Crippen molar-refractivity contribution in [3.05, 3.63) is 34.7 Å². The van der Waals surface area contributed by atoms with Crippen molar-refractivity contribution in [1.82, 2.24) is 14.5 Å². The van der Waals surface area contributed by atoms with Gasteiger partial charge in [-0.3, -0.25) is 0 Å². The van der Waals surface area contributed by atoms with Crippen LogP contribution in [0.1, 0.15) is 25.7 Å². The fourth-order valence-corrected chi connectivity index (χ4v) is 3.89. The number of H-pyrrole nitrogens is 1. The third-order valence-corrected chi connectivity index (χ3v) is 5.09. The molecule has 2 aliphatic heterocycles. The van der Waals surface area contributed by atoms with Gasteiger partial charge in [0.05, 0.1) is 11.0 Å². The van der Waals surface area contributed by atoms with Crippen molar-refractivity contribution in [1.29, 1.82) is 0 Å². The van der Waals surface area contributed by atoms with Crippen molar-refractivity contribution >= 4 is 17.1 Å². The van der Waals surface area contributed by atoms with Gasteiger partial charge in [-0.2, -0.15) is 4.57 Å². The number of aromatic nitrogens is 2. The van der Waals surface area contributed by atoms with E-state index in [1.807, 2.05) is 6.07 Å². The number of rotatable bonds is 1. The number of carbonyl (C=O) groups excluding carboxylic acids is 1. The minimum Gasteiger partial charge on any atom is -0.445 e. The number of hydrogen-bond donors (Lipinski definition) is 1. The van der Waals surface area contributed by atoms with Crippen LogP contribution in [0.5, 0.6) is 0 Å². The molecule has 3 heterocycles. The quantitative estimate of drug-likeness (QED) is 0.874. The summed E-state index contributed by atoms with van der Waals surface area (Å²) < 4.78 is 6.72. The summed E-state index contributed by atoms with van der Waals surface area (Å²) in [6, 6.07) is 8.13. The molecule has 2 fully saturated rings. The number of imidazole rings is 1. The zero-order chi connectivity index (χ0) is 15.3. The molecule has 1 unspecified atom stereocenters. The van der Waals surface area contributed by atoms with E-state index in [2.05, 4.69) is 16.9 Å². The highest BCUT2D eigenvalue weighted by atomic mass is 16.6. The van der Waals surface area contributed by atoms with Crippen LogP contribution in [0, 0.1) is 0 Å². The van der Waals surface area contributed by atoms with Gasteiger partial charge in [0.25, 0.3) is 0 Å². The Labute approximate surface area is 127 Å².